The van der Waals surface area contributed by atoms with Crippen LogP contribution in [0, 0.1) is 20.1 Å². The van der Waals surface area contributed by atoms with E-state index in [0.717, 1.165) is 26.1 Å². The summed E-state index contributed by atoms with van der Waals surface area (Å²) in [6, 6.07) is 0. The van der Waals surface area contributed by atoms with Crippen LogP contribution in [0.25, 0.3) is 9.69 Å². The molecule has 0 heterocycles. The molecule has 0 aliphatic carbocycles. The number of likely N-dealkylation sites (N-methyl/N-ethyl adjacent to an activating group) is 2. The van der Waals surface area contributed by atoms with Crippen molar-refractivity contribution in [1.82, 2.24) is 10.2 Å². The first-order chi connectivity index (χ1) is 19.7. The van der Waals surface area contributed by atoms with Crippen molar-refractivity contribution >= 4 is 28.5 Å². The molecule has 0 aliphatic heterocycles. The Labute approximate surface area is 294 Å². The van der Waals surface area contributed by atoms with E-state index >= 15 is 0 Å². The number of hydrogen-bond acceptors (Lipinski definition) is 6. The molecule has 0 aliphatic rings. The monoisotopic (exact) mass is 667 g/mol. The average molecular weight is 667 g/mol. The Balaban J connectivity index is -0.000000124. The summed E-state index contributed by atoms with van der Waals surface area (Å²) in [4.78, 5) is 29.4. The zero-order valence-corrected chi connectivity index (χ0v) is 33.4. The minimum atomic E-state index is -1.74. The average Bonchev–Trinajstić information content (AvgIpc) is 2.89. The zero-order valence-electron chi connectivity index (χ0n) is 31.4. The van der Waals surface area contributed by atoms with Crippen molar-refractivity contribution in [2.75, 3.05) is 59.1 Å². The molecule has 0 radical (unpaired) electrons. The van der Waals surface area contributed by atoms with Gasteiger partial charge in [0.15, 0.2) is 16.6 Å². The van der Waals surface area contributed by atoms with E-state index in [0.29, 0.717) is 31.3 Å². The van der Waals surface area contributed by atoms with Gasteiger partial charge in [-0.25, -0.2) is 17.9 Å². The molecular weight excluding hydrogens is 595 g/mol. The Morgan fingerprint density at radius 2 is 1.27 bits per heavy atom. The molecule has 0 rings (SSSR count). The van der Waals surface area contributed by atoms with Gasteiger partial charge in [0.2, 0.25) is 0 Å². The summed E-state index contributed by atoms with van der Waals surface area (Å²) < 4.78 is 16.4. The molecule has 0 aromatic rings. The molecule has 1 N–H and O–H groups in total. The fourth-order valence-electron chi connectivity index (χ4n) is 2.30. The Kier molecular flexibility index (Phi) is 39.2. The minimum Gasteiger partial charge on any atom is -0.460 e. The van der Waals surface area contributed by atoms with Crippen LogP contribution >= 0.6 is 0 Å². The van der Waals surface area contributed by atoms with Gasteiger partial charge in [0.05, 0.1) is 13.2 Å². The van der Waals surface area contributed by atoms with E-state index in [1.807, 2.05) is 6.92 Å². The van der Waals surface area contributed by atoms with Gasteiger partial charge in [0.1, 0.15) is 0 Å². The third-order valence-corrected chi connectivity index (χ3v) is 16.3. The van der Waals surface area contributed by atoms with Crippen molar-refractivity contribution in [2.24, 2.45) is 0 Å². The smallest absolute Gasteiger partial charge is 0.460 e. The molecule has 0 saturated heterocycles. The molecule has 0 fully saturated rings. The number of hydrogen-bond donors (Lipinski definition) is 1. The van der Waals surface area contributed by atoms with Crippen molar-refractivity contribution in [3.05, 3.63) is 29.8 Å². The van der Waals surface area contributed by atoms with Crippen LogP contribution in [-0.4, -0.2) is 92.5 Å². The fourth-order valence-corrected chi connectivity index (χ4v) is 4.38. The van der Waals surface area contributed by atoms with E-state index in [-0.39, 0.29) is 50.3 Å². The van der Waals surface area contributed by atoms with Gasteiger partial charge in [0.25, 0.3) is 6.54 Å². The minimum absolute atomic E-state index is 0. The van der Waals surface area contributed by atoms with Gasteiger partial charge in [-0.15, -0.1) is 0 Å². The number of unbranched alkanes of at least 4 members (excludes halogenated alkanes) is 1. The second-order valence-corrected chi connectivity index (χ2v) is 22.5. The Morgan fingerprint density at radius 3 is 1.58 bits per heavy atom. The normalized spacial score (nSPS) is 10.7. The second kappa shape index (κ2) is 31.4. The SMILES string of the molecule is C.CCNCCO[Si](C)(C)C(C)(C)C.[C-]#[N+]CC(=O)N(CC)CCO[Si](C)(C)C(C)(C)C.[C-]#[N+]CC(=O)OCC.[CH2-]CCC.[Li+]. The third kappa shape index (κ3) is 32.6. The number of ether oxygens (including phenoxy) is 1. The standard InChI is InChI=1S/C13H26N2O2Si.C10H25NOSi.C5H7NO2.C4H9.CH4.Li/c1-8-15(12(16)11-14-5)9-10-17-18(6,7)13(2,3)4;1-7-11-8-9-12-13(5,6)10(2,3)4;1-3-8-5(7)4-6-2;1-3-4-2;;/h8-11H2,1-4,6-7H3;11H,7-9H2,1-6H3;3-4H2,1H3;1,3-4H2,2H3;1H4;/q;;;-1;;+1. The van der Waals surface area contributed by atoms with Crippen LogP contribution in [0.4, 0.5) is 0 Å². The number of rotatable bonds is 14. The van der Waals surface area contributed by atoms with E-state index in [4.69, 9.17) is 22.0 Å². The summed E-state index contributed by atoms with van der Waals surface area (Å²) in [5.41, 5.74) is 0. The first kappa shape index (κ1) is 56.2. The second-order valence-electron chi connectivity index (χ2n) is 12.8. The topological polar surface area (TPSA) is 85.8 Å². The van der Waals surface area contributed by atoms with Crippen LogP contribution < -0.4 is 24.2 Å². The number of carbonyl (C=O) groups is 2. The van der Waals surface area contributed by atoms with E-state index in [1.165, 1.54) is 6.42 Å². The summed E-state index contributed by atoms with van der Waals surface area (Å²) in [7, 11) is -3.23. The quantitative estimate of drug-likeness (QED) is 0.120. The van der Waals surface area contributed by atoms with Gasteiger partial charge in [0, 0.05) is 26.2 Å². The molecule has 0 atom stereocenters. The number of nitrogens with zero attached hydrogens (tertiary/aromatic N) is 3. The van der Waals surface area contributed by atoms with E-state index < -0.39 is 22.6 Å². The van der Waals surface area contributed by atoms with Gasteiger partial charge < -0.3 is 40.4 Å². The number of nitrogens with one attached hydrogen (secondary N) is 1. The maximum atomic E-state index is 11.6. The Bertz CT molecular complexity index is 801. The Morgan fingerprint density at radius 1 is 0.844 bits per heavy atom. The molecular formula is C33H71LiN4O5Si2. The van der Waals surface area contributed by atoms with Crippen LogP contribution in [0.2, 0.25) is 36.3 Å². The van der Waals surface area contributed by atoms with Gasteiger partial charge in [-0.3, -0.25) is 4.79 Å². The van der Waals surface area contributed by atoms with Crippen LogP contribution in [0.15, 0.2) is 0 Å². The largest absolute Gasteiger partial charge is 1.00 e. The number of esters is 1. The molecule has 12 heteroatoms. The van der Waals surface area contributed by atoms with E-state index in [1.54, 1.807) is 11.8 Å². The fraction of sp³-hybridized carbons (Fsp3) is 0.848. The molecule has 1 amide bonds. The predicted octanol–water partition coefficient (Wildman–Crippen LogP) is 5.12. The maximum Gasteiger partial charge on any atom is 1.00 e. The molecule has 9 nitrogen and oxygen atoms in total. The summed E-state index contributed by atoms with van der Waals surface area (Å²) in [6.45, 7) is 51.6. The van der Waals surface area contributed by atoms with Crippen LogP contribution in [0.3, 0.4) is 0 Å². The summed E-state index contributed by atoms with van der Waals surface area (Å²) in [6.07, 6.45) is 2.28. The zero-order chi connectivity index (χ0) is 34.8. The van der Waals surface area contributed by atoms with Gasteiger partial charge >= 0.3 is 37.3 Å². The van der Waals surface area contributed by atoms with E-state index in [2.05, 4.69) is 108 Å². The molecule has 0 spiro atoms. The van der Waals surface area contributed by atoms with Crippen LogP contribution in [0.5, 0.6) is 0 Å². The van der Waals surface area contributed by atoms with Gasteiger partial charge in [-0.2, -0.15) is 6.42 Å². The van der Waals surface area contributed by atoms with E-state index in [9.17, 15) is 9.59 Å². The van der Waals surface area contributed by atoms with Crippen LogP contribution in [0.1, 0.15) is 89.5 Å². The molecule has 0 saturated carbocycles. The van der Waals surface area contributed by atoms with Gasteiger partial charge in [-0.1, -0.05) is 69.2 Å². The molecule has 0 bridgehead atoms. The molecule has 262 valence electrons. The van der Waals surface area contributed by atoms with Gasteiger partial charge in [-0.05, 0) is 56.7 Å². The van der Waals surface area contributed by atoms with Crippen molar-refractivity contribution in [3.8, 4) is 0 Å². The summed E-state index contributed by atoms with van der Waals surface area (Å²) >= 11 is 0. The first-order valence-corrected chi connectivity index (χ1v) is 21.4. The summed E-state index contributed by atoms with van der Waals surface area (Å²) in [5, 5.41) is 3.79. The molecule has 0 unspecified atom stereocenters. The van der Waals surface area contributed by atoms with Crippen molar-refractivity contribution in [3.63, 3.8) is 0 Å². The number of carbonyl (C=O) groups excluding carboxylic acids is 2. The Hall–Kier alpha value is -1.17. The van der Waals surface area contributed by atoms with Crippen molar-refractivity contribution in [1.29, 1.82) is 0 Å². The van der Waals surface area contributed by atoms with Crippen LogP contribution in [-0.2, 0) is 23.2 Å². The molecule has 0 aromatic carbocycles. The maximum absolute atomic E-state index is 11.6. The van der Waals surface area contributed by atoms with Crippen molar-refractivity contribution in [2.45, 2.75) is 126 Å². The predicted molar refractivity (Wildman–Crippen MR) is 194 cm³/mol. The summed E-state index contributed by atoms with van der Waals surface area (Å²) in [5.74, 6) is -0.547. The molecule has 0 aromatic heterocycles. The number of amides is 1. The first-order valence-electron chi connectivity index (χ1n) is 15.6. The molecule has 45 heavy (non-hydrogen) atoms. The third-order valence-electron chi connectivity index (χ3n) is 7.24. The van der Waals surface area contributed by atoms with Crippen molar-refractivity contribution < 1.29 is 42.0 Å².